The molecule has 0 radical (unpaired) electrons. The monoisotopic (exact) mass is 434 g/mol. The highest BCUT2D eigenvalue weighted by atomic mass is 79.9. The molecule has 0 heterocycles. The number of hydrogen-bond donors (Lipinski definition) is 1. The minimum absolute atomic E-state index is 0.0313. The standard InChI is InChI=1S/C21H24BrFN2O2/c1-14(2)24-21(27)15(3)25(13-16-8-10-18(22)11-9-16)20(26)12-17-6-4-5-7-19(17)23/h4-11,14-15H,12-13H2,1-3H3,(H,24,27)/t15-/m0/s1. The van der Waals surface area contributed by atoms with Crippen LogP contribution in [0.3, 0.4) is 0 Å². The number of hydrogen-bond acceptors (Lipinski definition) is 2. The van der Waals surface area contributed by atoms with Crippen molar-refractivity contribution in [3.8, 4) is 0 Å². The Balaban J connectivity index is 2.24. The zero-order valence-electron chi connectivity index (χ0n) is 15.7. The van der Waals surface area contributed by atoms with Gasteiger partial charge in [0.2, 0.25) is 11.8 Å². The van der Waals surface area contributed by atoms with Gasteiger partial charge in [0, 0.05) is 17.1 Å². The van der Waals surface area contributed by atoms with Gasteiger partial charge in [-0.05, 0) is 50.1 Å². The van der Waals surface area contributed by atoms with Crippen LogP contribution >= 0.6 is 15.9 Å². The van der Waals surface area contributed by atoms with Gasteiger partial charge in [0.1, 0.15) is 11.9 Å². The fourth-order valence-corrected chi connectivity index (χ4v) is 2.94. The van der Waals surface area contributed by atoms with Crippen molar-refractivity contribution in [2.75, 3.05) is 0 Å². The summed E-state index contributed by atoms with van der Waals surface area (Å²) in [5.74, 6) is -0.952. The van der Waals surface area contributed by atoms with Crippen LogP contribution in [0.5, 0.6) is 0 Å². The Bertz CT molecular complexity index is 793. The molecule has 0 aliphatic carbocycles. The Morgan fingerprint density at radius 3 is 2.30 bits per heavy atom. The van der Waals surface area contributed by atoms with Gasteiger partial charge in [-0.2, -0.15) is 0 Å². The third kappa shape index (κ3) is 6.17. The second-order valence-corrected chi connectivity index (χ2v) is 7.67. The number of rotatable bonds is 7. The zero-order valence-corrected chi connectivity index (χ0v) is 17.3. The quantitative estimate of drug-likeness (QED) is 0.713. The van der Waals surface area contributed by atoms with Gasteiger partial charge >= 0.3 is 0 Å². The topological polar surface area (TPSA) is 49.4 Å². The lowest BCUT2D eigenvalue weighted by Crippen LogP contribution is -2.49. The molecule has 2 rings (SSSR count). The Labute approximate surface area is 167 Å². The summed E-state index contributed by atoms with van der Waals surface area (Å²) in [6.07, 6.45) is -0.0947. The SMILES string of the molecule is CC(C)NC(=O)[C@H](C)N(Cc1ccc(Br)cc1)C(=O)Cc1ccccc1F. The molecule has 2 aromatic rings. The van der Waals surface area contributed by atoms with Gasteiger partial charge in [0.15, 0.2) is 0 Å². The molecule has 0 aromatic heterocycles. The van der Waals surface area contributed by atoms with Crippen molar-refractivity contribution in [2.45, 2.75) is 45.8 Å². The molecule has 2 amide bonds. The van der Waals surface area contributed by atoms with E-state index in [0.717, 1.165) is 10.0 Å². The molecule has 0 saturated heterocycles. The molecular formula is C21H24BrFN2O2. The minimum atomic E-state index is -0.671. The molecule has 4 nitrogen and oxygen atoms in total. The molecule has 0 aliphatic rings. The van der Waals surface area contributed by atoms with Crippen LogP contribution in [0.1, 0.15) is 31.9 Å². The average molecular weight is 435 g/mol. The summed E-state index contributed by atoms with van der Waals surface area (Å²) in [7, 11) is 0. The number of nitrogens with one attached hydrogen (secondary N) is 1. The van der Waals surface area contributed by atoms with Crippen molar-refractivity contribution in [1.29, 1.82) is 0 Å². The van der Waals surface area contributed by atoms with Crippen molar-refractivity contribution in [3.63, 3.8) is 0 Å². The molecule has 27 heavy (non-hydrogen) atoms. The van der Waals surface area contributed by atoms with Crippen LogP contribution in [-0.4, -0.2) is 28.8 Å². The van der Waals surface area contributed by atoms with E-state index in [0.29, 0.717) is 5.56 Å². The molecule has 0 bridgehead atoms. The second kappa shape index (κ2) is 9.65. The van der Waals surface area contributed by atoms with Gasteiger partial charge in [-0.1, -0.05) is 46.3 Å². The molecule has 0 saturated carbocycles. The van der Waals surface area contributed by atoms with E-state index in [1.807, 2.05) is 38.1 Å². The number of nitrogens with zero attached hydrogens (tertiary/aromatic N) is 1. The summed E-state index contributed by atoms with van der Waals surface area (Å²) in [6, 6.07) is 13.0. The number of carbonyl (C=O) groups is 2. The number of halogens is 2. The lowest BCUT2D eigenvalue weighted by molar-refractivity contribution is -0.140. The van der Waals surface area contributed by atoms with Crippen molar-refractivity contribution >= 4 is 27.7 Å². The summed E-state index contributed by atoms with van der Waals surface area (Å²) in [5.41, 5.74) is 1.21. The highest BCUT2D eigenvalue weighted by Gasteiger charge is 2.27. The van der Waals surface area contributed by atoms with E-state index in [-0.39, 0.29) is 30.8 Å². The normalized spacial score (nSPS) is 11.9. The van der Waals surface area contributed by atoms with Crippen LogP contribution in [0.15, 0.2) is 53.0 Å². The summed E-state index contributed by atoms with van der Waals surface area (Å²) in [5, 5.41) is 2.83. The maximum absolute atomic E-state index is 14.0. The van der Waals surface area contributed by atoms with Crippen molar-refractivity contribution in [3.05, 3.63) is 69.9 Å². The minimum Gasteiger partial charge on any atom is -0.352 e. The van der Waals surface area contributed by atoms with Gasteiger partial charge in [-0.25, -0.2) is 4.39 Å². The van der Waals surface area contributed by atoms with Crippen molar-refractivity contribution < 1.29 is 14.0 Å². The maximum Gasteiger partial charge on any atom is 0.242 e. The van der Waals surface area contributed by atoms with E-state index in [1.54, 1.807) is 25.1 Å². The average Bonchev–Trinajstić information content (AvgIpc) is 2.62. The fourth-order valence-electron chi connectivity index (χ4n) is 2.68. The largest absolute Gasteiger partial charge is 0.352 e. The van der Waals surface area contributed by atoms with Gasteiger partial charge in [-0.3, -0.25) is 9.59 Å². The highest BCUT2D eigenvalue weighted by Crippen LogP contribution is 2.16. The Morgan fingerprint density at radius 1 is 1.07 bits per heavy atom. The molecule has 0 spiro atoms. The first-order valence-corrected chi connectivity index (χ1v) is 9.65. The summed E-state index contributed by atoms with van der Waals surface area (Å²) in [4.78, 5) is 26.9. The van der Waals surface area contributed by atoms with Gasteiger partial charge in [0.05, 0.1) is 6.42 Å². The third-order valence-electron chi connectivity index (χ3n) is 4.16. The van der Waals surface area contributed by atoms with Crippen LogP contribution in [0, 0.1) is 5.82 Å². The summed E-state index contributed by atoms with van der Waals surface area (Å²) >= 11 is 3.39. The predicted molar refractivity (Wildman–Crippen MR) is 108 cm³/mol. The maximum atomic E-state index is 14.0. The van der Waals surface area contributed by atoms with Crippen LogP contribution in [0.25, 0.3) is 0 Å². The molecule has 1 N–H and O–H groups in total. The van der Waals surface area contributed by atoms with Crippen molar-refractivity contribution in [2.24, 2.45) is 0 Å². The van der Waals surface area contributed by atoms with Gasteiger partial charge < -0.3 is 10.2 Å². The van der Waals surface area contributed by atoms with Crippen LogP contribution in [0.2, 0.25) is 0 Å². The molecule has 6 heteroatoms. The van der Waals surface area contributed by atoms with E-state index in [1.165, 1.54) is 11.0 Å². The molecule has 0 unspecified atom stereocenters. The summed E-state index contributed by atoms with van der Waals surface area (Å²) in [6.45, 7) is 5.69. The molecule has 2 aromatic carbocycles. The zero-order chi connectivity index (χ0) is 20.0. The Hall–Kier alpha value is -2.21. The number of carbonyl (C=O) groups excluding carboxylic acids is 2. The number of amides is 2. The van der Waals surface area contributed by atoms with Crippen LogP contribution in [-0.2, 0) is 22.6 Å². The van der Waals surface area contributed by atoms with Crippen LogP contribution in [0.4, 0.5) is 4.39 Å². The fraction of sp³-hybridized carbons (Fsp3) is 0.333. The molecule has 0 aliphatic heterocycles. The van der Waals surface area contributed by atoms with Crippen LogP contribution < -0.4 is 5.32 Å². The first-order chi connectivity index (χ1) is 12.8. The lowest BCUT2D eigenvalue weighted by atomic mass is 10.1. The molecule has 0 fully saturated rings. The summed E-state index contributed by atoms with van der Waals surface area (Å²) < 4.78 is 14.9. The van der Waals surface area contributed by atoms with E-state index < -0.39 is 11.9 Å². The molecule has 144 valence electrons. The molecular weight excluding hydrogens is 411 g/mol. The van der Waals surface area contributed by atoms with Crippen molar-refractivity contribution in [1.82, 2.24) is 10.2 Å². The Morgan fingerprint density at radius 2 is 1.70 bits per heavy atom. The van der Waals surface area contributed by atoms with E-state index in [4.69, 9.17) is 0 Å². The smallest absolute Gasteiger partial charge is 0.242 e. The highest BCUT2D eigenvalue weighted by molar-refractivity contribution is 9.10. The van der Waals surface area contributed by atoms with Gasteiger partial charge in [-0.15, -0.1) is 0 Å². The van der Waals surface area contributed by atoms with Gasteiger partial charge in [0.25, 0.3) is 0 Å². The molecule has 1 atom stereocenters. The third-order valence-corrected chi connectivity index (χ3v) is 4.69. The first kappa shape index (κ1) is 21.1. The second-order valence-electron chi connectivity index (χ2n) is 6.76. The lowest BCUT2D eigenvalue weighted by Gasteiger charge is -2.29. The van der Waals surface area contributed by atoms with E-state index in [2.05, 4.69) is 21.2 Å². The first-order valence-electron chi connectivity index (χ1n) is 8.85. The van der Waals surface area contributed by atoms with E-state index in [9.17, 15) is 14.0 Å². The predicted octanol–water partition coefficient (Wildman–Crippen LogP) is 4.07. The van der Waals surface area contributed by atoms with E-state index >= 15 is 0 Å². The number of benzene rings is 2. The Kier molecular flexibility index (Phi) is 7.54.